The van der Waals surface area contributed by atoms with Crippen molar-refractivity contribution in [3.8, 4) is 11.4 Å². The molecule has 0 saturated carbocycles. The first-order valence-corrected chi connectivity index (χ1v) is 13.5. The molecule has 1 fully saturated rings. The van der Waals surface area contributed by atoms with Crippen molar-refractivity contribution in [2.24, 2.45) is 0 Å². The van der Waals surface area contributed by atoms with Gasteiger partial charge in [-0.15, -0.1) is 0 Å². The highest BCUT2D eigenvalue weighted by Crippen LogP contribution is 2.29. The van der Waals surface area contributed by atoms with Gasteiger partial charge in [0.15, 0.2) is 14.8 Å². The highest BCUT2D eigenvalue weighted by molar-refractivity contribution is 7.99. The molecule has 1 aliphatic rings. The van der Waals surface area contributed by atoms with Crippen LogP contribution in [-0.2, 0) is 4.79 Å². The monoisotopic (exact) mass is 526 g/mol. The topological polar surface area (TPSA) is 60.1 Å². The molecule has 0 spiro atoms. The van der Waals surface area contributed by atoms with Gasteiger partial charge in [-0.3, -0.25) is 18.7 Å². The van der Waals surface area contributed by atoms with Gasteiger partial charge in [-0.05, 0) is 68.7 Å². The van der Waals surface area contributed by atoms with Crippen LogP contribution in [0.1, 0.15) is 24.0 Å². The zero-order valence-electron chi connectivity index (χ0n) is 19.3. The van der Waals surface area contributed by atoms with E-state index in [4.69, 9.17) is 17.2 Å². The Balaban J connectivity index is 1.69. The van der Waals surface area contributed by atoms with E-state index < -0.39 is 5.82 Å². The van der Waals surface area contributed by atoms with Crippen molar-refractivity contribution in [2.75, 3.05) is 18.8 Å². The van der Waals surface area contributed by atoms with Crippen LogP contribution in [0.4, 0.5) is 4.39 Å². The number of hydrogen-bond acceptors (Lipinski definition) is 6. The van der Waals surface area contributed by atoms with E-state index >= 15 is 0 Å². The number of aryl methyl sites for hydroxylation is 2. The second-order valence-corrected chi connectivity index (χ2v) is 11.1. The van der Waals surface area contributed by atoms with Crippen molar-refractivity contribution in [3.05, 3.63) is 73.7 Å². The number of aromatic nitrogens is 3. The molecule has 1 saturated heterocycles. The number of halogens is 1. The smallest absolute Gasteiger partial charge is 0.278 e. The summed E-state index contributed by atoms with van der Waals surface area (Å²) in [6, 6.07) is 12.3. The second-order valence-electron chi connectivity index (χ2n) is 8.56. The lowest BCUT2D eigenvalue weighted by atomic mass is 10.2. The van der Waals surface area contributed by atoms with Crippen molar-refractivity contribution < 1.29 is 9.18 Å². The van der Waals surface area contributed by atoms with E-state index in [1.54, 1.807) is 12.1 Å². The maximum Gasteiger partial charge on any atom is 0.278 e. The zero-order chi connectivity index (χ0) is 24.7. The highest BCUT2D eigenvalue weighted by Gasteiger charge is 2.23. The number of thioether (sulfide) groups is 1. The van der Waals surface area contributed by atoms with E-state index in [-0.39, 0.29) is 22.9 Å². The van der Waals surface area contributed by atoms with Crippen LogP contribution < -0.4 is 5.56 Å². The summed E-state index contributed by atoms with van der Waals surface area (Å²) in [5.74, 6) is -0.272. The van der Waals surface area contributed by atoms with Crippen molar-refractivity contribution in [1.82, 2.24) is 19.0 Å². The summed E-state index contributed by atoms with van der Waals surface area (Å²) in [5.41, 5.74) is 2.84. The molecular formula is C25H23FN4O2S3. The summed E-state index contributed by atoms with van der Waals surface area (Å²) >= 11 is 7.88. The average Bonchev–Trinajstić information content (AvgIpc) is 3.48. The lowest BCUT2D eigenvalue weighted by Gasteiger charge is -2.16. The molecule has 10 heteroatoms. The van der Waals surface area contributed by atoms with E-state index in [0.29, 0.717) is 25.1 Å². The van der Waals surface area contributed by atoms with Crippen LogP contribution in [0.15, 0.2) is 52.4 Å². The Morgan fingerprint density at radius 2 is 1.77 bits per heavy atom. The van der Waals surface area contributed by atoms with Gasteiger partial charge in [0.2, 0.25) is 5.91 Å². The lowest BCUT2D eigenvalue weighted by molar-refractivity contribution is -0.127. The molecule has 0 atom stereocenters. The number of fused-ring (bicyclic) bond motifs is 1. The van der Waals surface area contributed by atoms with Gasteiger partial charge in [0.25, 0.3) is 5.56 Å². The summed E-state index contributed by atoms with van der Waals surface area (Å²) in [5, 5.41) is 0.369. The van der Waals surface area contributed by atoms with Crippen LogP contribution in [0.2, 0.25) is 0 Å². The van der Waals surface area contributed by atoms with Gasteiger partial charge >= 0.3 is 0 Å². The highest BCUT2D eigenvalue weighted by atomic mass is 32.2. The van der Waals surface area contributed by atoms with Gasteiger partial charge in [-0.25, -0.2) is 9.37 Å². The normalized spacial score (nSPS) is 13.6. The fraction of sp³-hybridized carbons (Fsp3) is 0.280. The maximum atomic E-state index is 14.8. The summed E-state index contributed by atoms with van der Waals surface area (Å²) in [6.07, 6.45) is 2.01. The largest absolute Gasteiger partial charge is 0.342 e. The summed E-state index contributed by atoms with van der Waals surface area (Å²) in [7, 11) is 0. The van der Waals surface area contributed by atoms with E-state index in [9.17, 15) is 14.0 Å². The standard InChI is InChI=1S/C25H23FN4O2S3/c1-15-5-8-17(9-6-15)29-23(32)21-22(27-24(29)34-14-20(31)28-11-3-4-12-28)30(25(33)35-21)19-13-16(2)7-10-18(19)26/h5-10,13H,3-4,11-12,14H2,1-2H3. The van der Waals surface area contributed by atoms with Crippen molar-refractivity contribution in [1.29, 1.82) is 0 Å². The molecular weight excluding hydrogens is 504 g/mol. The van der Waals surface area contributed by atoms with E-state index in [1.807, 2.05) is 43.0 Å². The van der Waals surface area contributed by atoms with Gasteiger partial charge in [-0.1, -0.05) is 46.9 Å². The Kier molecular flexibility index (Phi) is 6.61. The molecule has 1 aliphatic heterocycles. The summed E-state index contributed by atoms with van der Waals surface area (Å²) in [4.78, 5) is 33.1. The lowest BCUT2D eigenvalue weighted by Crippen LogP contribution is -2.29. The van der Waals surface area contributed by atoms with Crippen LogP contribution in [-0.4, -0.2) is 43.8 Å². The number of hydrogen-bond donors (Lipinski definition) is 0. The third-order valence-electron chi connectivity index (χ3n) is 6.00. The van der Waals surface area contributed by atoms with Gasteiger partial charge in [0.05, 0.1) is 17.1 Å². The number of amides is 1. The molecule has 6 nitrogen and oxygen atoms in total. The Morgan fingerprint density at radius 1 is 1.09 bits per heavy atom. The predicted octanol–water partition coefficient (Wildman–Crippen LogP) is 5.44. The minimum Gasteiger partial charge on any atom is -0.342 e. The number of carbonyl (C=O) groups excluding carboxylic acids is 1. The molecule has 0 aliphatic carbocycles. The Morgan fingerprint density at radius 3 is 2.49 bits per heavy atom. The van der Waals surface area contributed by atoms with Crippen molar-refractivity contribution in [3.63, 3.8) is 0 Å². The van der Waals surface area contributed by atoms with Crippen LogP contribution in [0.5, 0.6) is 0 Å². The molecule has 5 rings (SSSR count). The Labute approximate surface area is 215 Å². The fourth-order valence-corrected chi connectivity index (χ4v) is 6.34. The summed E-state index contributed by atoms with van der Waals surface area (Å²) < 4.78 is 18.5. The SMILES string of the molecule is Cc1ccc(-n2c(SCC(=O)N3CCCC3)nc3c(sc(=S)n3-c3cc(C)ccc3F)c2=O)cc1. The van der Waals surface area contributed by atoms with Crippen LogP contribution in [0.25, 0.3) is 21.7 Å². The van der Waals surface area contributed by atoms with Gasteiger partial charge in [0, 0.05) is 13.1 Å². The minimum atomic E-state index is -0.450. The van der Waals surface area contributed by atoms with Gasteiger partial charge in [0.1, 0.15) is 10.5 Å². The number of benzene rings is 2. The van der Waals surface area contributed by atoms with Crippen molar-refractivity contribution in [2.45, 2.75) is 31.8 Å². The minimum absolute atomic E-state index is 0.0178. The molecule has 0 unspecified atom stereocenters. The van der Waals surface area contributed by atoms with Crippen LogP contribution in [0.3, 0.4) is 0 Å². The first-order chi connectivity index (χ1) is 16.8. The number of likely N-dealkylation sites (tertiary alicyclic amines) is 1. The predicted molar refractivity (Wildman–Crippen MR) is 141 cm³/mol. The first kappa shape index (κ1) is 23.9. The average molecular weight is 527 g/mol. The molecule has 0 bridgehead atoms. The molecule has 2 aromatic heterocycles. The molecule has 3 heterocycles. The molecule has 0 N–H and O–H groups in total. The molecule has 4 aromatic rings. The first-order valence-electron chi connectivity index (χ1n) is 11.3. The van der Waals surface area contributed by atoms with E-state index in [0.717, 1.165) is 48.4 Å². The molecule has 1 amide bonds. The van der Waals surface area contributed by atoms with E-state index in [1.165, 1.54) is 27.0 Å². The molecule has 180 valence electrons. The maximum absolute atomic E-state index is 14.8. The van der Waals surface area contributed by atoms with Crippen molar-refractivity contribution >= 4 is 51.6 Å². The van der Waals surface area contributed by atoms with Gasteiger partial charge in [-0.2, -0.15) is 0 Å². The number of thiazole rings is 1. The van der Waals surface area contributed by atoms with Crippen LogP contribution >= 0.6 is 35.3 Å². The fourth-order valence-electron chi connectivity index (χ4n) is 4.14. The van der Waals surface area contributed by atoms with Gasteiger partial charge < -0.3 is 4.90 Å². The second kappa shape index (κ2) is 9.67. The molecule has 0 radical (unpaired) electrons. The number of carbonyl (C=O) groups is 1. The van der Waals surface area contributed by atoms with Crippen LogP contribution in [0, 0.1) is 23.6 Å². The third-order valence-corrected chi connectivity index (χ3v) is 8.27. The quantitative estimate of drug-likeness (QED) is 0.197. The molecule has 2 aromatic carbocycles. The zero-order valence-corrected chi connectivity index (χ0v) is 21.7. The third kappa shape index (κ3) is 4.57. The number of nitrogens with zero attached hydrogens (tertiary/aromatic N) is 4. The Bertz CT molecular complexity index is 1550. The van der Waals surface area contributed by atoms with E-state index in [2.05, 4.69) is 0 Å². The summed E-state index contributed by atoms with van der Waals surface area (Å²) in [6.45, 7) is 5.35. The molecule has 35 heavy (non-hydrogen) atoms. The Hall–Kier alpha value is -2.82. The number of rotatable bonds is 5.